The Morgan fingerprint density at radius 2 is 1.87 bits per heavy atom. The van der Waals surface area contributed by atoms with E-state index in [0.29, 0.717) is 5.92 Å². The van der Waals surface area contributed by atoms with Crippen LogP contribution in [0.2, 0.25) is 0 Å². The van der Waals surface area contributed by atoms with Gasteiger partial charge in [-0.3, -0.25) is 4.90 Å². The molecule has 23 heavy (non-hydrogen) atoms. The molecule has 0 unspecified atom stereocenters. The van der Waals surface area contributed by atoms with E-state index in [1.807, 2.05) is 7.05 Å². The van der Waals surface area contributed by atoms with Crippen LogP contribution in [0.25, 0.3) is 0 Å². The molecule has 0 atom stereocenters. The number of nitrogens with zero attached hydrogens (tertiary/aromatic N) is 3. The maximum atomic E-state index is 5.52. The van der Waals surface area contributed by atoms with Gasteiger partial charge in [-0.25, -0.2) is 0 Å². The quantitative estimate of drug-likeness (QED) is 0.859. The Kier molecular flexibility index (Phi) is 7.80. The van der Waals surface area contributed by atoms with Gasteiger partial charge in [0.05, 0.1) is 6.54 Å². The highest BCUT2D eigenvalue weighted by Gasteiger charge is 2.23. The van der Waals surface area contributed by atoms with Crippen LogP contribution in [0.4, 0.5) is 0 Å². The summed E-state index contributed by atoms with van der Waals surface area (Å²) in [5.74, 6) is 3.17. The Morgan fingerprint density at radius 3 is 2.57 bits per heavy atom. The van der Waals surface area contributed by atoms with Crippen LogP contribution in [0.5, 0.6) is 0 Å². The number of halogens is 1. The predicted octanol–water partition coefficient (Wildman–Crippen LogP) is 3.36. The minimum Gasteiger partial charge on any atom is -0.339 e. The monoisotopic (exact) mass is 342 g/mol. The lowest BCUT2D eigenvalue weighted by Gasteiger charge is -2.31. The first kappa shape index (κ1) is 18.7. The molecule has 2 aliphatic rings. The van der Waals surface area contributed by atoms with Gasteiger partial charge in [0.2, 0.25) is 5.89 Å². The highest BCUT2D eigenvalue weighted by atomic mass is 35.5. The summed E-state index contributed by atoms with van der Waals surface area (Å²) in [6.45, 7) is 4.33. The summed E-state index contributed by atoms with van der Waals surface area (Å²) in [4.78, 5) is 7.14. The van der Waals surface area contributed by atoms with Gasteiger partial charge in [-0.1, -0.05) is 24.4 Å². The van der Waals surface area contributed by atoms with Gasteiger partial charge in [-0.15, -0.1) is 12.4 Å². The van der Waals surface area contributed by atoms with Crippen molar-refractivity contribution in [2.24, 2.45) is 5.92 Å². The minimum absolute atomic E-state index is 0. The number of aromatic nitrogens is 2. The van der Waals surface area contributed by atoms with Crippen molar-refractivity contribution < 1.29 is 4.52 Å². The van der Waals surface area contributed by atoms with Crippen molar-refractivity contribution in [1.82, 2.24) is 20.4 Å². The van der Waals surface area contributed by atoms with Crippen molar-refractivity contribution in [3.8, 4) is 0 Å². The van der Waals surface area contributed by atoms with Crippen LogP contribution in [0.15, 0.2) is 4.52 Å². The van der Waals surface area contributed by atoms with Crippen LogP contribution in [-0.4, -0.2) is 41.7 Å². The zero-order chi connectivity index (χ0) is 15.2. The van der Waals surface area contributed by atoms with E-state index in [4.69, 9.17) is 4.52 Å². The third kappa shape index (κ3) is 5.44. The van der Waals surface area contributed by atoms with E-state index in [-0.39, 0.29) is 12.4 Å². The number of rotatable bonds is 6. The Hall–Kier alpha value is -0.650. The van der Waals surface area contributed by atoms with Gasteiger partial charge in [0.1, 0.15) is 0 Å². The Balaban J connectivity index is 0.00000192. The molecule has 3 rings (SSSR count). The van der Waals surface area contributed by atoms with Gasteiger partial charge in [0.25, 0.3) is 0 Å². The van der Waals surface area contributed by atoms with Crippen LogP contribution in [0.3, 0.4) is 0 Å². The van der Waals surface area contributed by atoms with E-state index < -0.39 is 0 Å². The van der Waals surface area contributed by atoms with E-state index in [2.05, 4.69) is 20.4 Å². The number of hydrogen-bond donors (Lipinski definition) is 1. The van der Waals surface area contributed by atoms with E-state index in [1.165, 1.54) is 64.5 Å². The molecule has 0 spiro atoms. The summed E-state index contributed by atoms with van der Waals surface area (Å²) in [5, 5.41) is 7.47. The van der Waals surface area contributed by atoms with Crippen molar-refractivity contribution in [1.29, 1.82) is 0 Å². The third-order valence-electron chi connectivity index (χ3n) is 5.31. The van der Waals surface area contributed by atoms with Gasteiger partial charge >= 0.3 is 0 Å². The zero-order valence-electron chi connectivity index (χ0n) is 14.3. The average Bonchev–Trinajstić information content (AvgIpc) is 3.04. The maximum absolute atomic E-state index is 5.52. The van der Waals surface area contributed by atoms with Crippen LogP contribution in [-0.2, 0) is 6.54 Å². The molecule has 0 radical (unpaired) electrons. The summed E-state index contributed by atoms with van der Waals surface area (Å²) in [5.41, 5.74) is 0. The Bertz CT molecular complexity index is 440. The first-order chi connectivity index (χ1) is 10.8. The molecule has 0 bridgehead atoms. The fraction of sp³-hybridized carbons (Fsp3) is 0.882. The van der Waals surface area contributed by atoms with Gasteiger partial charge in [0.15, 0.2) is 5.82 Å². The molecule has 2 heterocycles. The second-order valence-electron chi connectivity index (χ2n) is 7.00. The van der Waals surface area contributed by atoms with Crippen LogP contribution < -0.4 is 5.32 Å². The molecule has 1 aromatic heterocycles. The van der Waals surface area contributed by atoms with Crippen molar-refractivity contribution in [3.05, 3.63) is 11.7 Å². The second kappa shape index (κ2) is 9.60. The van der Waals surface area contributed by atoms with E-state index >= 15 is 0 Å². The van der Waals surface area contributed by atoms with Crippen molar-refractivity contribution in [2.45, 2.75) is 63.8 Å². The summed E-state index contributed by atoms with van der Waals surface area (Å²) in [7, 11) is 2.04. The molecule has 1 aromatic rings. The predicted molar refractivity (Wildman–Crippen MR) is 93.9 cm³/mol. The largest absolute Gasteiger partial charge is 0.339 e. The maximum Gasteiger partial charge on any atom is 0.229 e. The normalized spacial score (nSPS) is 21.3. The fourth-order valence-electron chi connectivity index (χ4n) is 3.83. The number of piperidine rings is 1. The molecule has 2 fully saturated rings. The number of likely N-dealkylation sites (tertiary alicyclic amines) is 1. The van der Waals surface area contributed by atoms with Gasteiger partial charge in [-0.2, -0.15) is 4.98 Å². The third-order valence-corrected chi connectivity index (χ3v) is 5.31. The zero-order valence-corrected chi connectivity index (χ0v) is 15.1. The molecule has 1 saturated carbocycles. The molecular weight excluding hydrogens is 312 g/mol. The Labute approximate surface area is 146 Å². The number of hydrogen-bond acceptors (Lipinski definition) is 5. The van der Waals surface area contributed by atoms with Crippen molar-refractivity contribution >= 4 is 12.4 Å². The molecule has 0 amide bonds. The summed E-state index contributed by atoms with van der Waals surface area (Å²) in [6, 6.07) is 0. The molecule has 1 aliphatic carbocycles. The molecule has 5 nitrogen and oxygen atoms in total. The Morgan fingerprint density at radius 1 is 1.13 bits per heavy atom. The summed E-state index contributed by atoms with van der Waals surface area (Å²) >= 11 is 0. The lowest BCUT2D eigenvalue weighted by Crippen LogP contribution is -2.34. The highest BCUT2D eigenvalue weighted by molar-refractivity contribution is 5.85. The molecule has 6 heteroatoms. The molecule has 1 N–H and O–H groups in total. The van der Waals surface area contributed by atoms with Gasteiger partial charge < -0.3 is 9.84 Å². The molecular formula is C17H31ClN4O. The summed E-state index contributed by atoms with van der Waals surface area (Å²) < 4.78 is 5.52. The summed E-state index contributed by atoms with van der Waals surface area (Å²) in [6.07, 6.45) is 10.3. The van der Waals surface area contributed by atoms with Crippen molar-refractivity contribution in [3.63, 3.8) is 0 Å². The van der Waals surface area contributed by atoms with Crippen LogP contribution in [0.1, 0.15) is 69.0 Å². The van der Waals surface area contributed by atoms with Crippen LogP contribution in [0, 0.1) is 5.92 Å². The average molecular weight is 343 g/mol. The van der Waals surface area contributed by atoms with Crippen molar-refractivity contribution in [2.75, 3.05) is 26.7 Å². The molecule has 132 valence electrons. The first-order valence-corrected chi connectivity index (χ1v) is 9.04. The molecule has 0 aromatic carbocycles. The van der Waals surface area contributed by atoms with Gasteiger partial charge in [0, 0.05) is 5.92 Å². The van der Waals surface area contributed by atoms with E-state index in [0.717, 1.165) is 30.7 Å². The second-order valence-corrected chi connectivity index (χ2v) is 7.00. The topological polar surface area (TPSA) is 54.2 Å². The number of nitrogens with one attached hydrogen (secondary N) is 1. The molecule has 1 aliphatic heterocycles. The van der Waals surface area contributed by atoms with E-state index in [1.54, 1.807) is 0 Å². The lowest BCUT2D eigenvalue weighted by atomic mass is 9.89. The smallest absolute Gasteiger partial charge is 0.229 e. The molecule has 1 saturated heterocycles. The van der Waals surface area contributed by atoms with Gasteiger partial charge in [-0.05, 0) is 64.7 Å². The van der Waals surface area contributed by atoms with Crippen LogP contribution >= 0.6 is 12.4 Å². The van der Waals surface area contributed by atoms with E-state index in [9.17, 15) is 0 Å². The first-order valence-electron chi connectivity index (χ1n) is 9.04. The fourth-order valence-corrected chi connectivity index (χ4v) is 3.83. The highest BCUT2D eigenvalue weighted by Crippen LogP contribution is 2.31. The lowest BCUT2D eigenvalue weighted by molar-refractivity contribution is 0.167. The SMILES string of the molecule is CNCCC1CCN(Cc2noc(C3CCCCC3)n2)CC1.Cl. The standard InChI is InChI=1S/C17H30N4O.ClH/c1-18-10-7-14-8-11-21(12-9-14)13-16-19-17(22-20-16)15-5-3-2-4-6-15;/h14-15,18H,2-13H2,1H3;1H. The minimum atomic E-state index is 0.